The number of aliphatic hydroxyl groups excluding tert-OH is 1. The van der Waals surface area contributed by atoms with E-state index in [1.807, 2.05) is 10.8 Å². The molecule has 2 aliphatic rings. The zero-order chi connectivity index (χ0) is 26.8. The summed E-state index contributed by atoms with van der Waals surface area (Å²) < 4.78 is 29.2. The number of benzene rings is 2. The molecule has 2 aliphatic heterocycles. The van der Waals surface area contributed by atoms with E-state index in [1.165, 1.54) is 26.2 Å². The zero-order valence-electron chi connectivity index (χ0n) is 21.2. The molecule has 0 saturated carbocycles. The van der Waals surface area contributed by atoms with Crippen LogP contribution in [0.4, 0.5) is 0 Å². The number of amides is 1. The largest absolute Gasteiger partial charge is 0.507 e. The molecule has 1 fully saturated rings. The summed E-state index contributed by atoms with van der Waals surface area (Å²) in [6.45, 7) is 0.904. The van der Waals surface area contributed by atoms with Gasteiger partial charge in [0.2, 0.25) is 12.5 Å². The Morgan fingerprint density at radius 3 is 2.42 bits per heavy atom. The average molecular weight is 522 g/mol. The number of hydrogen-bond acceptors (Lipinski definition) is 9. The minimum atomic E-state index is -0.906. The topological polar surface area (TPSA) is 122 Å². The van der Waals surface area contributed by atoms with E-state index in [0.717, 1.165) is 0 Å². The molecule has 1 amide bonds. The van der Waals surface area contributed by atoms with Crippen molar-refractivity contribution in [3.8, 4) is 28.7 Å². The van der Waals surface area contributed by atoms with Crippen molar-refractivity contribution < 1.29 is 38.4 Å². The molecule has 198 valence electrons. The summed E-state index contributed by atoms with van der Waals surface area (Å²) >= 11 is 0. The minimum absolute atomic E-state index is 0.0502. The van der Waals surface area contributed by atoms with E-state index in [0.29, 0.717) is 52.8 Å². The lowest BCUT2D eigenvalue weighted by Crippen LogP contribution is -2.31. The van der Waals surface area contributed by atoms with Gasteiger partial charge in [-0.15, -0.1) is 0 Å². The van der Waals surface area contributed by atoms with Crippen LogP contribution in [-0.4, -0.2) is 65.9 Å². The molecule has 38 heavy (non-hydrogen) atoms. The zero-order valence-corrected chi connectivity index (χ0v) is 21.2. The van der Waals surface area contributed by atoms with Gasteiger partial charge in [0.25, 0.3) is 11.7 Å². The summed E-state index contributed by atoms with van der Waals surface area (Å²) in [5.41, 5.74) is 0.789. The van der Waals surface area contributed by atoms with Gasteiger partial charge >= 0.3 is 0 Å². The van der Waals surface area contributed by atoms with Crippen molar-refractivity contribution in [2.75, 3.05) is 34.7 Å². The molecule has 1 atom stereocenters. The molecule has 5 rings (SSSR count). The van der Waals surface area contributed by atoms with E-state index < -0.39 is 17.7 Å². The van der Waals surface area contributed by atoms with Gasteiger partial charge in [-0.3, -0.25) is 9.59 Å². The molecule has 0 aliphatic carbocycles. The number of carbonyl (C=O) groups excluding carboxylic acids is 2. The number of likely N-dealkylation sites (tertiary alicyclic amines) is 1. The smallest absolute Gasteiger partial charge is 0.295 e. The lowest BCUT2D eigenvalue weighted by atomic mass is 9.94. The van der Waals surface area contributed by atoms with Gasteiger partial charge in [-0.05, 0) is 42.3 Å². The maximum absolute atomic E-state index is 13.4. The summed E-state index contributed by atoms with van der Waals surface area (Å²) in [6.07, 6.45) is 5.73. The predicted octanol–water partition coefficient (Wildman–Crippen LogP) is 3.15. The van der Waals surface area contributed by atoms with E-state index in [4.69, 9.17) is 23.7 Å². The van der Waals surface area contributed by atoms with Gasteiger partial charge in [0.15, 0.2) is 23.0 Å². The quantitative estimate of drug-likeness (QED) is 0.257. The lowest BCUT2D eigenvalue weighted by Gasteiger charge is -2.26. The maximum Gasteiger partial charge on any atom is 0.295 e. The predicted molar refractivity (Wildman–Crippen MR) is 135 cm³/mol. The van der Waals surface area contributed by atoms with Crippen LogP contribution in [0.25, 0.3) is 5.76 Å². The highest BCUT2D eigenvalue weighted by Crippen LogP contribution is 2.46. The van der Waals surface area contributed by atoms with Crippen LogP contribution in [0.15, 0.2) is 54.6 Å². The van der Waals surface area contributed by atoms with Crippen molar-refractivity contribution in [3.05, 3.63) is 65.8 Å². The van der Waals surface area contributed by atoms with Crippen molar-refractivity contribution in [1.29, 1.82) is 0 Å². The molecule has 0 radical (unpaired) electrons. The highest BCUT2D eigenvalue weighted by molar-refractivity contribution is 6.46. The van der Waals surface area contributed by atoms with Gasteiger partial charge in [-0.25, -0.2) is 4.98 Å². The van der Waals surface area contributed by atoms with Gasteiger partial charge < -0.3 is 38.3 Å². The molecule has 1 unspecified atom stereocenters. The number of aliphatic hydroxyl groups is 1. The third-order valence-corrected chi connectivity index (χ3v) is 6.56. The summed E-state index contributed by atoms with van der Waals surface area (Å²) in [5.74, 6) is 0.223. The van der Waals surface area contributed by atoms with E-state index >= 15 is 0 Å². The number of aromatic nitrogens is 2. The second-order valence-electron chi connectivity index (χ2n) is 8.67. The molecular formula is C27H27N3O8. The average Bonchev–Trinajstić information content (AvgIpc) is 3.68. The first-order valence-electron chi connectivity index (χ1n) is 11.9. The molecule has 11 heteroatoms. The van der Waals surface area contributed by atoms with E-state index in [9.17, 15) is 14.7 Å². The fourth-order valence-corrected chi connectivity index (χ4v) is 4.76. The molecule has 11 nitrogen and oxygen atoms in total. The Balaban J connectivity index is 1.61. The Labute approximate surface area is 218 Å². The van der Waals surface area contributed by atoms with Crippen molar-refractivity contribution >= 4 is 17.4 Å². The number of ether oxygens (including phenoxy) is 5. The number of rotatable bonds is 9. The molecular weight excluding hydrogens is 494 g/mol. The van der Waals surface area contributed by atoms with Crippen LogP contribution in [0.2, 0.25) is 0 Å². The van der Waals surface area contributed by atoms with Crippen LogP contribution >= 0.6 is 0 Å². The number of methoxy groups -OCH3 is 3. The monoisotopic (exact) mass is 521 g/mol. The Hall–Kier alpha value is -4.67. The number of ketones is 1. The second kappa shape index (κ2) is 10.4. The van der Waals surface area contributed by atoms with Gasteiger partial charge in [-0.2, -0.15) is 0 Å². The Morgan fingerprint density at radius 1 is 1.03 bits per heavy atom. The van der Waals surface area contributed by atoms with Crippen LogP contribution in [-0.2, 0) is 16.1 Å². The fourth-order valence-electron chi connectivity index (χ4n) is 4.76. The second-order valence-corrected chi connectivity index (χ2v) is 8.67. The van der Waals surface area contributed by atoms with Crippen LogP contribution in [0.5, 0.6) is 28.7 Å². The molecule has 1 N–H and O–H groups in total. The third-order valence-electron chi connectivity index (χ3n) is 6.56. The van der Waals surface area contributed by atoms with Crippen molar-refractivity contribution in [1.82, 2.24) is 14.5 Å². The van der Waals surface area contributed by atoms with Crippen LogP contribution in [0.3, 0.4) is 0 Å². The van der Waals surface area contributed by atoms with Crippen LogP contribution < -0.4 is 23.7 Å². The fraction of sp³-hybridized carbons (Fsp3) is 0.296. The third kappa shape index (κ3) is 4.36. The highest BCUT2D eigenvalue weighted by Gasteiger charge is 2.46. The van der Waals surface area contributed by atoms with Gasteiger partial charge in [0.05, 0.1) is 39.3 Å². The summed E-state index contributed by atoms with van der Waals surface area (Å²) in [7, 11) is 4.45. The number of hydrogen-bond donors (Lipinski definition) is 1. The van der Waals surface area contributed by atoms with E-state index in [-0.39, 0.29) is 24.7 Å². The maximum atomic E-state index is 13.4. The number of imidazole rings is 1. The number of carbonyl (C=O) groups is 2. The Morgan fingerprint density at radius 2 is 1.76 bits per heavy atom. The summed E-state index contributed by atoms with van der Waals surface area (Å²) in [5, 5.41) is 11.4. The molecule has 3 heterocycles. The molecule has 3 aromatic rings. The lowest BCUT2D eigenvalue weighted by molar-refractivity contribution is -0.139. The molecule has 2 aromatic carbocycles. The Bertz CT molecular complexity index is 1370. The molecule has 1 saturated heterocycles. The van der Waals surface area contributed by atoms with E-state index in [2.05, 4.69) is 4.98 Å². The molecule has 0 spiro atoms. The normalized spacial score (nSPS) is 17.7. The van der Waals surface area contributed by atoms with Gasteiger partial charge in [0, 0.05) is 31.0 Å². The van der Waals surface area contributed by atoms with E-state index in [1.54, 1.807) is 42.9 Å². The van der Waals surface area contributed by atoms with Crippen LogP contribution in [0, 0.1) is 0 Å². The number of Topliss-reactive ketones (excluding diaryl/α,β-unsaturated/α-hetero) is 1. The minimum Gasteiger partial charge on any atom is -0.507 e. The number of aryl methyl sites for hydroxylation is 1. The molecule has 1 aromatic heterocycles. The Kier molecular flexibility index (Phi) is 6.82. The first-order chi connectivity index (χ1) is 18.5. The molecule has 0 bridgehead atoms. The van der Waals surface area contributed by atoms with Crippen molar-refractivity contribution in [3.63, 3.8) is 0 Å². The van der Waals surface area contributed by atoms with Gasteiger partial charge in [-0.1, -0.05) is 0 Å². The number of fused-ring (bicyclic) bond motifs is 1. The first kappa shape index (κ1) is 25.0. The van der Waals surface area contributed by atoms with Crippen molar-refractivity contribution in [2.24, 2.45) is 0 Å². The van der Waals surface area contributed by atoms with Gasteiger partial charge in [0.1, 0.15) is 5.76 Å². The standard InChI is InChI=1S/C27H27N3O8/c1-34-20-12-17(13-21(35-2)26(20)36-3)23-22(24(31)16-5-6-18-19(11-16)38-15-37-18)25(32)27(33)30(23)9-4-8-29-10-7-28-14-29/h5-7,10-14,23,31H,4,8-9,15H2,1-3H3. The van der Waals surface area contributed by atoms with Crippen molar-refractivity contribution in [2.45, 2.75) is 19.0 Å². The SMILES string of the molecule is COc1cc(C2C(=C(O)c3ccc4c(c3)OCO4)C(=O)C(=O)N2CCCn2ccnc2)cc(OC)c1OC. The number of nitrogens with zero attached hydrogens (tertiary/aromatic N) is 3. The first-order valence-corrected chi connectivity index (χ1v) is 11.9. The summed E-state index contributed by atoms with van der Waals surface area (Å²) in [4.78, 5) is 32.2. The summed E-state index contributed by atoms with van der Waals surface area (Å²) in [6, 6.07) is 7.28. The highest BCUT2D eigenvalue weighted by atomic mass is 16.7. The van der Waals surface area contributed by atoms with Crippen LogP contribution in [0.1, 0.15) is 23.6 Å².